The monoisotopic (exact) mass is 273 g/mol. The summed E-state index contributed by atoms with van der Waals surface area (Å²) >= 11 is 0. The molecule has 2 aromatic rings. The van der Waals surface area contributed by atoms with E-state index in [0.717, 1.165) is 36.0 Å². The summed E-state index contributed by atoms with van der Waals surface area (Å²) in [5.41, 5.74) is 1.97. The standard InChI is InChI=1S/C15H23N5/c1-6-16-13-8-12(15(3,4)5)18-14(19-13)11-9-17-20(7-2)10-11/h8-10H,6-7H2,1-5H3,(H,16,18,19). The molecule has 108 valence electrons. The smallest absolute Gasteiger partial charge is 0.164 e. The lowest BCUT2D eigenvalue weighted by atomic mass is 9.92. The minimum absolute atomic E-state index is 0.0113. The maximum Gasteiger partial charge on any atom is 0.164 e. The van der Waals surface area contributed by atoms with Crippen molar-refractivity contribution >= 4 is 5.82 Å². The Labute approximate surface area is 120 Å². The van der Waals surface area contributed by atoms with Gasteiger partial charge in [0, 0.05) is 30.8 Å². The molecule has 5 heteroatoms. The summed E-state index contributed by atoms with van der Waals surface area (Å²) in [6.07, 6.45) is 3.80. The van der Waals surface area contributed by atoms with Gasteiger partial charge >= 0.3 is 0 Å². The summed E-state index contributed by atoms with van der Waals surface area (Å²) in [6.45, 7) is 12.3. The molecular formula is C15H23N5. The van der Waals surface area contributed by atoms with Crippen LogP contribution in [0.5, 0.6) is 0 Å². The molecule has 0 aromatic carbocycles. The lowest BCUT2D eigenvalue weighted by Crippen LogP contribution is -2.15. The van der Waals surface area contributed by atoms with Gasteiger partial charge in [0.15, 0.2) is 5.82 Å². The summed E-state index contributed by atoms with van der Waals surface area (Å²) in [5, 5.41) is 7.57. The number of nitrogens with zero attached hydrogens (tertiary/aromatic N) is 4. The Hall–Kier alpha value is -1.91. The van der Waals surface area contributed by atoms with E-state index < -0.39 is 0 Å². The fraction of sp³-hybridized carbons (Fsp3) is 0.533. The lowest BCUT2D eigenvalue weighted by Gasteiger charge is -2.19. The van der Waals surface area contributed by atoms with Crippen LogP contribution in [-0.4, -0.2) is 26.3 Å². The van der Waals surface area contributed by atoms with Gasteiger partial charge in [0.05, 0.1) is 17.5 Å². The van der Waals surface area contributed by atoms with Gasteiger partial charge in [-0.25, -0.2) is 9.97 Å². The molecule has 0 atom stereocenters. The van der Waals surface area contributed by atoms with Crippen LogP contribution in [0.4, 0.5) is 5.82 Å². The van der Waals surface area contributed by atoms with Crippen LogP contribution < -0.4 is 5.32 Å². The van der Waals surface area contributed by atoms with Crippen molar-refractivity contribution in [3.05, 3.63) is 24.2 Å². The van der Waals surface area contributed by atoms with Gasteiger partial charge in [-0.15, -0.1) is 0 Å². The molecule has 0 aliphatic carbocycles. The normalized spacial score (nSPS) is 11.7. The largest absolute Gasteiger partial charge is 0.370 e. The van der Waals surface area contributed by atoms with Crippen LogP contribution in [0.1, 0.15) is 40.3 Å². The average Bonchev–Trinajstić information content (AvgIpc) is 2.86. The van der Waals surface area contributed by atoms with Crippen LogP contribution >= 0.6 is 0 Å². The molecule has 0 aliphatic rings. The van der Waals surface area contributed by atoms with Gasteiger partial charge in [-0.05, 0) is 13.8 Å². The van der Waals surface area contributed by atoms with Crippen LogP contribution in [0.15, 0.2) is 18.5 Å². The Balaban J connectivity index is 2.48. The SMILES string of the molecule is CCNc1cc(C(C)(C)C)nc(-c2cnn(CC)c2)n1. The first-order valence-electron chi connectivity index (χ1n) is 7.10. The zero-order valence-electron chi connectivity index (χ0n) is 12.9. The van der Waals surface area contributed by atoms with E-state index in [-0.39, 0.29) is 5.41 Å². The van der Waals surface area contributed by atoms with E-state index in [1.165, 1.54) is 0 Å². The predicted molar refractivity (Wildman–Crippen MR) is 81.8 cm³/mol. The molecule has 0 aliphatic heterocycles. The van der Waals surface area contributed by atoms with Gasteiger partial charge in [0.2, 0.25) is 0 Å². The molecule has 5 nitrogen and oxygen atoms in total. The minimum atomic E-state index is -0.0113. The van der Waals surface area contributed by atoms with E-state index in [4.69, 9.17) is 4.98 Å². The first kappa shape index (κ1) is 14.5. The summed E-state index contributed by atoms with van der Waals surface area (Å²) in [6, 6.07) is 2.03. The molecule has 0 unspecified atom stereocenters. The van der Waals surface area contributed by atoms with Crippen molar-refractivity contribution in [2.75, 3.05) is 11.9 Å². The second-order valence-electron chi connectivity index (χ2n) is 5.83. The Morgan fingerprint density at radius 3 is 2.50 bits per heavy atom. The Morgan fingerprint density at radius 2 is 1.95 bits per heavy atom. The van der Waals surface area contributed by atoms with Crippen LogP contribution in [0.2, 0.25) is 0 Å². The molecule has 0 spiro atoms. The molecule has 0 radical (unpaired) electrons. The predicted octanol–water partition coefficient (Wildman–Crippen LogP) is 3.09. The van der Waals surface area contributed by atoms with Crippen molar-refractivity contribution in [3.8, 4) is 11.4 Å². The van der Waals surface area contributed by atoms with Crippen LogP contribution in [0.25, 0.3) is 11.4 Å². The van der Waals surface area contributed by atoms with Crippen LogP contribution in [0, 0.1) is 0 Å². The van der Waals surface area contributed by atoms with Crippen molar-refractivity contribution in [2.24, 2.45) is 0 Å². The highest BCUT2D eigenvalue weighted by Crippen LogP contribution is 2.25. The molecule has 0 fully saturated rings. The summed E-state index contributed by atoms with van der Waals surface area (Å²) in [4.78, 5) is 9.28. The number of rotatable bonds is 4. The van der Waals surface area contributed by atoms with Gasteiger partial charge in [0.1, 0.15) is 5.82 Å². The third-order valence-electron chi connectivity index (χ3n) is 3.07. The second kappa shape index (κ2) is 5.61. The van der Waals surface area contributed by atoms with Crippen molar-refractivity contribution in [2.45, 2.75) is 46.6 Å². The van der Waals surface area contributed by atoms with Gasteiger partial charge in [-0.3, -0.25) is 4.68 Å². The maximum absolute atomic E-state index is 4.70. The number of nitrogens with one attached hydrogen (secondary N) is 1. The lowest BCUT2D eigenvalue weighted by molar-refractivity contribution is 0.568. The highest BCUT2D eigenvalue weighted by atomic mass is 15.3. The van der Waals surface area contributed by atoms with E-state index in [9.17, 15) is 0 Å². The van der Waals surface area contributed by atoms with E-state index >= 15 is 0 Å². The fourth-order valence-corrected chi connectivity index (χ4v) is 1.88. The van der Waals surface area contributed by atoms with E-state index in [1.54, 1.807) is 0 Å². The quantitative estimate of drug-likeness (QED) is 0.930. The molecule has 0 saturated carbocycles. The van der Waals surface area contributed by atoms with Crippen LogP contribution in [0.3, 0.4) is 0 Å². The van der Waals surface area contributed by atoms with Crippen LogP contribution in [-0.2, 0) is 12.0 Å². The number of anilines is 1. The maximum atomic E-state index is 4.70. The minimum Gasteiger partial charge on any atom is -0.370 e. The topological polar surface area (TPSA) is 55.6 Å². The van der Waals surface area contributed by atoms with Crippen molar-refractivity contribution in [1.29, 1.82) is 0 Å². The van der Waals surface area contributed by atoms with Crippen molar-refractivity contribution in [1.82, 2.24) is 19.7 Å². The van der Waals surface area contributed by atoms with E-state index in [2.05, 4.69) is 50.0 Å². The first-order valence-corrected chi connectivity index (χ1v) is 7.10. The van der Waals surface area contributed by atoms with Gasteiger partial charge in [-0.2, -0.15) is 5.10 Å². The molecule has 0 bridgehead atoms. The third kappa shape index (κ3) is 3.15. The van der Waals surface area contributed by atoms with E-state index in [0.29, 0.717) is 0 Å². The Bertz CT molecular complexity index is 580. The summed E-state index contributed by atoms with van der Waals surface area (Å²) in [5.74, 6) is 1.60. The molecule has 0 amide bonds. The highest BCUT2D eigenvalue weighted by Gasteiger charge is 2.19. The number of hydrogen-bond acceptors (Lipinski definition) is 4. The molecular weight excluding hydrogens is 250 g/mol. The van der Waals surface area contributed by atoms with Crippen molar-refractivity contribution < 1.29 is 0 Å². The molecule has 20 heavy (non-hydrogen) atoms. The zero-order valence-corrected chi connectivity index (χ0v) is 12.9. The van der Waals surface area contributed by atoms with Crippen molar-refractivity contribution in [3.63, 3.8) is 0 Å². The fourth-order valence-electron chi connectivity index (χ4n) is 1.88. The number of hydrogen-bond donors (Lipinski definition) is 1. The summed E-state index contributed by atoms with van der Waals surface area (Å²) in [7, 11) is 0. The number of aromatic nitrogens is 4. The van der Waals surface area contributed by atoms with E-state index in [1.807, 2.05) is 23.1 Å². The Kier molecular flexibility index (Phi) is 4.06. The zero-order chi connectivity index (χ0) is 14.8. The first-order chi connectivity index (χ1) is 9.44. The molecule has 2 rings (SSSR count). The molecule has 1 N–H and O–H groups in total. The second-order valence-corrected chi connectivity index (χ2v) is 5.83. The molecule has 0 saturated heterocycles. The van der Waals surface area contributed by atoms with Gasteiger partial charge in [0.25, 0.3) is 0 Å². The van der Waals surface area contributed by atoms with Gasteiger partial charge < -0.3 is 5.32 Å². The molecule has 2 heterocycles. The third-order valence-corrected chi connectivity index (χ3v) is 3.07. The number of aryl methyl sites for hydroxylation is 1. The average molecular weight is 273 g/mol. The highest BCUT2D eigenvalue weighted by molar-refractivity contribution is 5.56. The molecule has 2 aromatic heterocycles. The van der Waals surface area contributed by atoms with Gasteiger partial charge in [-0.1, -0.05) is 20.8 Å². The summed E-state index contributed by atoms with van der Waals surface area (Å²) < 4.78 is 1.88. The Morgan fingerprint density at radius 1 is 1.20 bits per heavy atom.